The van der Waals surface area contributed by atoms with Crippen LogP contribution in [0.4, 0.5) is 0 Å². The van der Waals surface area contributed by atoms with Crippen LogP contribution in [-0.2, 0) is 16.0 Å². The van der Waals surface area contributed by atoms with Crippen molar-refractivity contribution >= 4 is 46.4 Å². The highest BCUT2D eigenvalue weighted by Crippen LogP contribution is 2.31. The number of amides is 1. The van der Waals surface area contributed by atoms with E-state index < -0.39 is 5.97 Å². The van der Waals surface area contributed by atoms with Gasteiger partial charge in [0.1, 0.15) is 4.34 Å². The lowest BCUT2D eigenvalue weighted by Crippen LogP contribution is -2.29. The molecule has 1 heterocycles. The third kappa shape index (κ3) is 5.86. The summed E-state index contributed by atoms with van der Waals surface area (Å²) in [4.78, 5) is 23.4. The Morgan fingerprint density at radius 1 is 1.17 bits per heavy atom. The van der Waals surface area contributed by atoms with E-state index in [9.17, 15) is 9.59 Å². The SMILES string of the molecule is O=C(COC(=O)c1cc(Cl)sc1Cl)NCCCc1ccccc1. The fraction of sp³-hybridized carbons (Fsp3) is 0.250. The first-order chi connectivity index (χ1) is 11.1. The number of esters is 1. The quantitative estimate of drug-likeness (QED) is 0.591. The molecule has 1 amide bonds. The molecule has 1 N–H and O–H groups in total. The van der Waals surface area contributed by atoms with Gasteiger partial charge >= 0.3 is 5.97 Å². The Balaban J connectivity index is 1.65. The molecule has 23 heavy (non-hydrogen) atoms. The molecule has 0 fully saturated rings. The number of carbonyl (C=O) groups is 2. The van der Waals surface area contributed by atoms with Gasteiger partial charge in [0.25, 0.3) is 5.91 Å². The van der Waals surface area contributed by atoms with Gasteiger partial charge in [0.05, 0.1) is 9.90 Å². The number of halogens is 2. The van der Waals surface area contributed by atoms with Crippen LogP contribution in [0.5, 0.6) is 0 Å². The van der Waals surface area contributed by atoms with Gasteiger partial charge in [-0.1, -0.05) is 53.5 Å². The first kappa shape index (κ1) is 17.8. The molecule has 2 rings (SSSR count). The number of hydrogen-bond acceptors (Lipinski definition) is 4. The fourth-order valence-electron chi connectivity index (χ4n) is 1.90. The maximum atomic E-state index is 11.8. The van der Waals surface area contributed by atoms with Crippen LogP contribution in [0, 0.1) is 0 Å². The van der Waals surface area contributed by atoms with Crippen LogP contribution in [-0.4, -0.2) is 25.0 Å². The van der Waals surface area contributed by atoms with E-state index in [4.69, 9.17) is 27.9 Å². The second-order valence-electron chi connectivity index (χ2n) is 4.75. The van der Waals surface area contributed by atoms with Gasteiger partial charge in [-0.05, 0) is 24.5 Å². The fourth-order valence-corrected chi connectivity index (χ4v) is 3.34. The van der Waals surface area contributed by atoms with Crippen molar-refractivity contribution in [2.45, 2.75) is 12.8 Å². The number of rotatable bonds is 7. The van der Waals surface area contributed by atoms with Crippen molar-refractivity contribution in [2.24, 2.45) is 0 Å². The molecule has 2 aromatic rings. The van der Waals surface area contributed by atoms with Gasteiger partial charge in [-0.3, -0.25) is 4.79 Å². The standard InChI is InChI=1S/C16H15Cl2NO3S/c17-13-9-12(15(18)23-13)16(21)22-10-14(20)19-8-4-7-11-5-2-1-3-6-11/h1-3,5-6,9H,4,7-8,10H2,(H,19,20). The van der Waals surface area contributed by atoms with E-state index in [0.29, 0.717) is 10.9 Å². The molecule has 0 aliphatic carbocycles. The molecule has 0 saturated carbocycles. The summed E-state index contributed by atoms with van der Waals surface area (Å²) in [6.07, 6.45) is 1.69. The minimum Gasteiger partial charge on any atom is -0.452 e. The van der Waals surface area contributed by atoms with Gasteiger partial charge in [0.15, 0.2) is 6.61 Å². The summed E-state index contributed by atoms with van der Waals surface area (Å²) in [5, 5.41) is 2.71. The highest BCUT2D eigenvalue weighted by Gasteiger charge is 2.16. The average molecular weight is 372 g/mol. The molecule has 1 aromatic heterocycles. The maximum Gasteiger partial charge on any atom is 0.341 e. The molecule has 122 valence electrons. The summed E-state index contributed by atoms with van der Waals surface area (Å²) >= 11 is 12.7. The number of nitrogens with one attached hydrogen (secondary N) is 1. The molecule has 0 saturated heterocycles. The molecule has 0 bridgehead atoms. The Bertz CT molecular complexity index is 673. The highest BCUT2D eigenvalue weighted by molar-refractivity contribution is 7.20. The second-order valence-corrected chi connectivity index (χ2v) is 7.04. The third-order valence-corrected chi connectivity index (χ3v) is 4.51. The van der Waals surface area contributed by atoms with Gasteiger partial charge in [-0.25, -0.2) is 4.79 Å². The molecule has 0 aliphatic heterocycles. The van der Waals surface area contributed by atoms with Crippen LogP contribution < -0.4 is 5.32 Å². The molecule has 4 nitrogen and oxygen atoms in total. The lowest BCUT2D eigenvalue weighted by atomic mass is 10.1. The number of carbonyl (C=O) groups excluding carboxylic acids is 2. The molecular formula is C16H15Cl2NO3S. The van der Waals surface area contributed by atoms with Crippen LogP contribution in [0.3, 0.4) is 0 Å². The zero-order valence-electron chi connectivity index (χ0n) is 12.2. The maximum absolute atomic E-state index is 11.8. The molecule has 0 atom stereocenters. The van der Waals surface area contributed by atoms with E-state index in [0.717, 1.165) is 24.2 Å². The first-order valence-electron chi connectivity index (χ1n) is 6.99. The molecule has 7 heteroatoms. The molecule has 1 aromatic carbocycles. The molecular weight excluding hydrogens is 357 g/mol. The predicted octanol–water partition coefficient (Wildman–Crippen LogP) is 3.96. The Kier molecular flexibility index (Phi) is 6.89. The van der Waals surface area contributed by atoms with Gasteiger partial charge in [0.2, 0.25) is 0 Å². The highest BCUT2D eigenvalue weighted by atomic mass is 35.5. The van der Waals surface area contributed by atoms with Crippen LogP contribution in [0.1, 0.15) is 22.3 Å². The number of aryl methyl sites for hydroxylation is 1. The normalized spacial score (nSPS) is 10.3. The lowest BCUT2D eigenvalue weighted by molar-refractivity contribution is -0.124. The monoisotopic (exact) mass is 371 g/mol. The topological polar surface area (TPSA) is 55.4 Å². The van der Waals surface area contributed by atoms with Crippen molar-refractivity contribution in [1.29, 1.82) is 0 Å². The number of benzene rings is 1. The van der Waals surface area contributed by atoms with Crippen molar-refractivity contribution in [3.05, 3.63) is 56.2 Å². The zero-order valence-corrected chi connectivity index (χ0v) is 14.5. The van der Waals surface area contributed by atoms with Gasteiger partial charge in [0, 0.05) is 6.54 Å². The summed E-state index contributed by atoms with van der Waals surface area (Å²) in [7, 11) is 0. The summed E-state index contributed by atoms with van der Waals surface area (Å²) in [6.45, 7) is 0.185. The van der Waals surface area contributed by atoms with E-state index in [1.54, 1.807) is 0 Å². The molecule has 0 aliphatic rings. The molecule has 0 unspecified atom stereocenters. The summed E-state index contributed by atoms with van der Waals surface area (Å²) in [5.74, 6) is -0.999. The Morgan fingerprint density at radius 2 is 1.91 bits per heavy atom. The van der Waals surface area contributed by atoms with E-state index in [-0.39, 0.29) is 22.4 Å². The second kappa shape index (κ2) is 8.91. The van der Waals surface area contributed by atoms with Gasteiger partial charge < -0.3 is 10.1 Å². The Hall–Kier alpha value is -1.56. The minimum atomic E-state index is -0.655. The van der Waals surface area contributed by atoms with Crippen molar-refractivity contribution < 1.29 is 14.3 Å². The van der Waals surface area contributed by atoms with Crippen LogP contribution in [0.15, 0.2) is 36.4 Å². The van der Waals surface area contributed by atoms with Crippen molar-refractivity contribution in [1.82, 2.24) is 5.32 Å². The lowest BCUT2D eigenvalue weighted by Gasteiger charge is -2.06. The molecule has 0 spiro atoms. The van der Waals surface area contributed by atoms with E-state index in [2.05, 4.69) is 5.32 Å². The van der Waals surface area contributed by atoms with Gasteiger partial charge in [-0.15, -0.1) is 11.3 Å². The van der Waals surface area contributed by atoms with Crippen molar-refractivity contribution in [2.75, 3.05) is 13.2 Å². The average Bonchev–Trinajstić information content (AvgIpc) is 2.89. The summed E-state index contributed by atoms with van der Waals surface area (Å²) < 4.78 is 5.56. The van der Waals surface area contributed by atoms with Crippen LogP contribution in [0.2, 0.25) is 8.67 Å². The smallest absolute Gasteiger partial charge is 0.341 e. The third-order valence-electron chi connectivity index (χ3n) is 3.02. The van der Waals surface area contributed by atoms with Gasteiger partial charge in [-0.2, -0.15) is 0 Å². The number of hydrogen-bond donors (Lipinski definition) is 1. The number of thiophene rings is 1. The minimum absolute atomic E-state index is 0.179. The van der Waals surface area contributed by atoms with E-state index in [1.165, 1.54) is 11.6 Å². The molecule has 0 radical (unpaired) electrons. The summed E-state index contributed by atoms with van der Waals surface area (Å²) in [6, 6.07) is 11.4. The van der Waals surface area contributed by atoms with E-state index >= 15 is 0 Å². The predicted molar refractivity (Wildman–Crippen MR) is 92.4 cm³/mol. The largest absolute Gasteiger partial charge is 0.452 e. The number of ether oxygens (including phenoxy) is 1. The van der Waals surface area contributed by atoms with E-state index in [1.807, 2.05) is 30.3 Å². The van der Waals surface area contributed by atoms with Crippen LogP contribution in [0.25, 0.3) is 0 Å². The van der Waals surface area contributed by atoms with Crippen molar-refractivity contribution in [3.63, 3.8) is 0 Å². The first-order valence-corrected chi connectivity index (χ1v) is 8.56. The van der Waals surface area contributed by atoms with Crippen molar-refractivity contribution in [3.8, 4) is 0 Å². The summed E-state index contributed by atoms with van der Waals surface area (Å²) in [5.41, 5.74) is 1.40. The zero-order chi connectivity index (χ0) is 16.7. The van der Waals surface area contributed by atoms with Crippen LogP contribution >= 0.6 is 34.5 Å². The Morgan fingerprint density at radius 3 is 2.57 bits per heavy atom. The Labute approximate surface area is 148 Å².